The molecule has 0 aliphatic carbocycles. The molecule has 2 saturated heterocycles. The van der Waals surface area contributed by atoms with Gasteiger partial charge in [0.25, 0.3) is 0 Å². The van der Waals surface area contributed by atoms with Gasteiger partial charge in [-0.3, -0.25) is 4.90 Å². The SMILES string of the molecule is C[C@@H]1CN(CC2CCN(c3ccccc3N)CC2)C[C@H](C)O1. The average Bonchev–Trinajstić information content (AvgIpc) is 2.48. The van der Waals surface area contributed by atoms with Crippen molar-refractivity contribution in [3.05, 3.63) is 24.3 Å². The highest BCUT2D eigenvalue weighted by atomic mass is 16.5. The molecule has 0 aromatic heterocycles. The third-order valence-corrected chi connectivity index (χ3v) is 4.90. The molecule has 1 aromatic carbocycles. The van der Waals surface area contributed by atoms with Crippen molar-refractivity contribution in [2.24, 2.45) is 5.92 Å². The molecule has 1 aromatic rings. The molecule has 2 aliphatic rings. The monoisotopic (exact) mass is 303 g/mol. The summed E-state index contributed by atoms with van der Waals surface area (Å²) in [5.74, 6) is 0.804. The Kier molecular flexibility index (Phi) is 4.89. The van der Waals surface area contributed by atoms with Gasteiger partial charge in [0.05, 0.1) is 23.6 Å². The molecule has 2 heterocycles. The van der Waals surface area contributed by atoms with Gasteiger partial charge in [0.1, 0.15) is 0 Å². The van der Waals surface area contributed by atoms with Crippen LogP contribution < -0.4 is 10.6 Å². The average molecular weight is 303 g/mol. The van der Waals surface area contributed by atoms with Gasteiger partial charge >= 0.3 is 0 Å². The van der Waals surface area contributed by atoms with E-state index < -0.39 is 0 Å². The number of piperidine rings is 1. The number of ether oxygens (including phenoxy) is 1. The minimum absolute atomic E-state index is 0.368. The van der Waals surface area contributed by atoms with Gasteiger partial charge in [0, 0.05) is 32.7 Å². The minimum Gasteiger partial charge on any atom is -0.397 e. The number of para-hydroxylation sites is 2. The number of nitrogen functional groups attached to an aromatic ring is 1. The highest BCUT2D eigenvalue weighted by Gasteiger charge is 2.26. The van der Waals surface area contributed by atoms with Crippen molar-refractivity contribution < 1.29 is 4.74 Å². The van der Waals surface area contributed by atoms with Gasteiger partial charge < -0.3 is 15.4 Å². The molecular weight excluding hydrogens is 274 g/mol. The largest absolute Gasteiger partial charge is 0.397 e. The minimum atomic E-state index is 0.368. The maximum absolute atomic E-state index is 6.10. The summed E-state index contributed by atoms with van der Waals surface area (Å²) in [5.41, 5.74) is 8.21. The summed E-state index contributed by atoms with van der Waals surface area (Å²) in [7, 11) is 0. The van der Waals surface area contributed by atoms with E-state index in [9.17, 15) is 0 Å². The maximum atomic E-state index is 6.10. The quantitative estimate of drug-likeness (QED) is 0.872. The highest BCUT2D eigenvalue weighted by Crippen LogP contribution is 2.28. The molecule has 0 saturated carbocycles. The van der Waals surface area contributed by atoms with Crippen LogP contribution in [0.5, 0.6) is 0 Å². The first kappa shape index (κ1) is 15.6. The van der Waals surface area contributed by atoms with Crippen LogP contribution in [0.2, 0.25) is 0 Å². The normalized spacial score (nSPS) is 28.0. The van der Waals surface area contributed by atoms with Crippen molar-refractivity contribution in [3.8, 4) is 0 Å². The summed E-state index contributed by atoms with van der Waals surface area (Å²) in [5, 5.41) is 0. The van der Waals surface area contributed by atoms with Crippen molar-refractivity contribution in [1.82, 2.24) is 4.90 Å². The van der Waals surface area contributed by atoms with Crippen molar-refractivity contribution in [3.63, 3.8) is 0 Å². The Hall–Kier alpha value is -1.26. The Morgan fingerprint density at radius 1 is 1.09 bits per heavy atom. The molecule has 0 spiro atoms. The summed E-state index contributed by atoms with van der Waals surface area (Å²) in [6, 6.07) is 8.22. The summed E-state index contributed by atoms with van der Waals surface area (Å²) in [6.45, 7) is 9.98. The van der Waals surface area contributed by atoms with E-state index in [2.05, 4.69) is 35.8 Å². The maximum Gasteiger partial charge on any atom is 0.0678 e. The van der Waals surface area contributed by atoms with Crippen molar-refractivity contribution in [1.29, 1.82) is 0 Å². The first-order chi connectivity index (χ1) is 10.6. The second-order valence-electron chi connectivity index (χ2n) is 6.97. The topological polar surface area (TPSA) is 41.7 Å². The van der Waals surface area contributed by atoms with Crippen LogP contribution >= 0.6 is 0 Å². The molecule has 2 atom stereocenters. The van der Waals surface area contributed by atoms with Crippen LogP contribution in [0.4, 0.5) is 11.4 Å². The number of nitrogens with two attached hydrogens (primary N) is 1. The smallest absolute Gasteiger partial charge is 0.0678 e. The molecule has 4 nitrogen and oxygen atoms in total. The van der Waals surface area contributed by atoms with Crippen molar-refractivity contribution in [2.75, 3.05) is 43.4 Å². The molecule has 0 radical (unpaired) electrons. The number of anilines is 2. The fourth-order valence-corrected chi connectivity index (χ4v) is 3.93. The van der Waals surface area contributed by atoms with Gasteiger partial charge in [-0.15, -0.1) is 0 Å². The number of hydrogen-bond acceptors (Lipinski definition) is 4. The van der Waals surface area contributed by atoms with E-state index in [-0.39, 0.29) is 0 Å². The van der Waals surface area contributed by atoms with Gasteiger partial charge in [0.15, 0.2) is 0 Å². The summed E-state index contributed by atoms with van der Waals surface area (Å²) < 4.78 is 5.83. The lowest BCUT2D eigenvalue weighted by molar-refractivity contribution is -0.0720. The second-order valence-corrected chi connectivity index (χ2v) is 6.97. The molecule has 22 heavy (non-hydrogen) atoms. The highest BCUT2D eigenvalue weighted by molar-refractivity contribution is 5.67. The van der Waals surface area contributed by atoms with Crippen molar-refractivity contribution in [2.45, 2.75) is 38.9 Å². The van der Waals surface area contributed by atoms with Gasteiger partial charge in [-0.2, -0.15) is 0 Å². The molecule has 4 heteroatoms. The molecule has 2 N–H and O–H groups in total. The number of hydrogen-bond donors (Lipinski definition) is 1. The first-order valence-electron chi connectivity index (χ1n) is 8.59. The van der Waals surface area contributed by atoms with Crippen LogP contribution in [0.15, 0.2) is 24.3 Å². The molecule has 0 unspecified atom stereocenters. The van der Waals surface area contributed by atoms with Gasteiger partial charge in [-0.1, -0.05) is 12.1 Å². The summed E-state index contributed by atoms with van der Waals surface area (Å²) in [4.78, 5) is 5.03. The zero-order chi connectivity index (χ0) is 15.5. The van der Waals surface area contributed by atoms with E-state index >= 15 is 0 Å². The number of benzene rings is 1. The van der Waals surface area contributed by atoms with E-state index in [0.717, 1.165) is 37.8 Å². The van der Waals surface area contributed by atoms with Crippen LogP contribution in [-0.2, 0) is 4.74 Å². The second kappa shape index (κ2) is 6.88. The fourth-order valence-electron chi connectivity index (χ4n) is 3.93. The van der Waals surface area contributed by atoms with Gasteiger partial charge in [-0.25, -0.2) is 0 Å². The van der Waals surface area contributed by atoms with Crippen molar-refractivity contribution >= 4 is 11.4 Å². The van der Waals surface area contributed by atoms with E-state index in [1.54, 1.807) is 0 Å². The zero-order valence-electron chi connectivity index (χ0n) is 13.9. The Morgan fingerprint density at radius 2 is 1.73 bits per heavy atom. The molecule has 3 rings (SSSR count). The lowest BCUT2D eigenvalue weighted by Crippen LogP contribution is -2.48. The third kappa shape index (κ3) is 3.73. The predicted octanol–water partition coefficient (Wildman–Crippen LogP) is 2.59. The van der Waals surface area contributed by atoms with Gasteiger partial charge in [0.2, 0.25) is 0 Å². The van der Waals surface area contributed by atoms with Crippen LogP contribution in [0, 0.1) is 5.92 Å². The number of rotatable bonds is 3. The van der Waals surface area contributed by atoms with E-state index in [1.807, 2.05) is 12.1 Å². The molecule has 2 aliphatic heterocycles. The van der Waals surface area contributed by atoms with Gasteiger partial charge in [-0.05, 0) is 44.7 Å². The summed E-state index contributed by atoms with van der Waals surface area (Å²) in [6.07, 6.45) is 3.25. The van der Waals surface area contributed by atoms with E-state index in [1.165, 1.54) is 25.1 Å². The number of nitrogens with zero attached hydrogens (tertiary/aromatic N) is 2. The lowest BCUT2D eigenvalue weighted by atomic mass is 9.95. The first-order valence-corrected chi connectivity index (χ1v) is 8.59. The Morgan fingerprint density at radius 3 is 2.36 bits per heavy atom. The standard InChI is InChI=1S/C18H29N3O/c1-14-11-20(12-15(2)22-14)13-16-7-9-21(10-8-16)18-6-4-3-5-17(18)19/h3-6,14-16H,7-13,19H2,1-2H3/t14-,15+. The summed E-state index contributed by atoms with van der Waals surface area (Å²) >= 11 is 0. The Bertz CT molecular complexity index is 475. The number of morpholine rings is 1. The van der Waals surface area contributed by atoms with E-state index in [4.69, 9.17) is 10.5 Å². The molecule has 122 valence electrons. The van der Waals surface area contributed by atoms with Crippen LogP contribution in [0.1, 0.15) is 26.7 Å². The molecular formula is C18H29N3O. The lowest BCUT2D eigenvalue weighted by Gasteiger charge is -2.40. The Labute approximate surface area is 134 Å². The van der Waals surface area contributed by atoms with Crippen LogP contribution in [0.25, 0.3) is 0 Å². The van der Waals surface area contributed by atoms with Crippen LogP contribution in [0.3, 0.4) is 0 Å². The van der Waals surface area contributed by atoms with Crippen LogP contribution in [-0.4, -0.2) is 49.8 Å². The zero-order valence-corrected chi connectivity index (χ0v) is 13.9. The van der Waals surface area contributed by atoms with E-state index in [0.29, 0.717) is 12.2 Å². The molecule has 0 amide bonds. The third-order valence-electron chi connectivity index (χ3n) is 4.90. The fraction of sp³-hybridized carbons (Fsp3) is 0.667. The molecule has 0 bridgehead atoms. The predicted molar refractivity (Wildman–Crippen MR) is 92.2 cm³/mol. The molecule has 2 fully saturated rings. The Balaban J connectivity index is 1.51.